The van der Waals surface area contributed by atoms with Crippen LogP contribution in [0.4, 0.5) is 0 Å². The van der Waals surface area contributed by atoms with Crippen LogP contribution in [0.3, 0.4) is 0 Å². The topological polar surface area (TPSA) is 48.0 Å². The summed E-state index contributed by atoms with van der Waals surface area (Å²) < 4.78 is 2.05. The average molecular weight is 284 g/mol. The van der Waals surface area contributed by atoms with E-state index >= 15 is 0 Å². The van der Waals surface area contributed by atoms with Crippen LogP contribution in [0.25, 0.3) is 10.9 Å². The van der Waals surface area contributed by atoms with Gasteiger partial charge in [-0.25, -0.2) is 0 Å². The minimum atomic E-state index is 0.113. The van der Waals surface area contributed by atoms with E-state index < -0.39 is 0 Å². The predicted molar refractivity (Wildman–Crippen MR) is 87.4 cm³/mol. The molecular formula is C18H24N2O. The molecule has 112 valence electrons. The van der Waals surface area contributed by atoms with Crippen LogP contribution in [0, 0.1) is 5.92 Å². The number of aromatic nitrogens is 1. The summed E-state index contributed by atoms with van der Waals surface area (Å²) in [5, 5.41) is 1.12. The molecule has 3 heteroatoms. The number of hydrogen-bond donors (Lipinski definition) is 1. The molecule has 2 N–H and O–H groups in total. The lowest BCUT2D eigenvalue weighted by Gasteiger charge is -2.33. The summed E-state index contributed by atoms with van der Waals surface area (Å²) in [6.45, 7) is 2.55. The quantitative estimate of drug-likeness (QED) is 0.936. The third kappa shape index (κ3) is 2.51. The molecule has 1 heterocycles. The van der Waals surface area contributed by atoms with Gasteiger partial charge in [0.15, 0.2) is 0 Å². The van der Waals surface area contributed by atoms with Gasteiger partial charge in [0.05, 0.1) is 5.52 Å². The second-order valence-corrected chi connectivity index (χ2v) is 6.13. The molecule has 1 saturated carbocycles. The summed E-state index contributed by atoms with van der Waals surface area (Å²) in [5.74, 6) is 0.605. The normalized spacial score (nSPS) is 22.6. The molecule has 21 heavy (non-hydrogen) atoms. The highest BCUT2D eigenvalue weighted by Crippen LogP contribution is 2.36. The SMILES string of the molecule is CCC1CCCCC1n1c(=O)c(CN)cc2ccccc21. The van der Waals surface area contributed by atoms with Gasteiger partial charge >= 0.3 is 0 Å². The molecule has 2 atom stereocenters. The van der Waals surface area contributed by atoms with Crippen molar-refractivity contribution in [1.29, 1.82) is 0 Å². The minimum Gasteiger partial charge on any atom is -0.326 e. The molecule has 0 radical (unpaired) electrons. The van der Waals surface area contributed by atoms with Crippen LogP contribution >= 0.6 is 0 Å². The largest absolute Gasteiger partial charge is 0.326 e. The van der Waals surface area contributed by atoms with Crippen LogP contribution in [0.2, 0.25) is 0 Å². The number of nitrogens with two attached hydrogens (primary N) is 1. The van der Waals surface area contributed by atoms with Crippen LogP contribution in [0.5, 0.6) is 0 Å². The molecule has 0 aliphatic heterocycles. The van der Waals surface area contributed by atoms with E-state index in [2.05, 4.69) is 19.1 Å². The lowest BCUT2D eigenvalue weighted by Crippen LogP contribution is -2.34. The molecule has 1 aromatic heterocycles. The number of rotatable bonds is 3. The average Bonchev–Trinajstić information content (AvgIpc) is 2.54. The first-order chi connectivity index (χ1) is 10.3. The maximum atomic E-state index is 12.9. The zero-order chi connectivity index (χ0) is 14.8. The van der Waals surface area contributed by atoms with Crippen molar-refractivity contribution in [3.63, 3.8) is 0 Å². The van der Waals surface area contributed by atoms with Crippen molar-refractivity contribution < 1.29 is 0 Å². The Kier molecular flexibility index (Phi) is 4.11. The number of benzene rings is 1. The standard InChI is InChI=1S/C18H24N2O/c1-2-13-7-3-5-9-16(13)20-17-10-6-4-8-14(17)11-15(12-19)18(20)21/h4,6,8,10-11,13,16H,2-3,5,7,9,12,19H2,1H3. The van der Waals surface area contributed by atoms with E-state index in [1.807, 2.05) is 22.8 Å². The number of para-hydroxylation sites is 1. The first-order valence-corrected chi connectivity index (χ1v) is 8.09. The van der Waals surface area contributed by atoms with Gasteiger partial charge in [-0.2, -0.15) is 0 Å². The Bertz CT molecular complexity index is 689. The van der Waals surface area contributed by atoms with E-state index in [-0.39, 0.29) is 5.56 Å². The van der Waals surface area contributed by atoms with Crippen LogP contribution < -0.4 is 11.3 Å². The fraction of sp³-hybridized carbons (Fsp3) is 0.500. The Balaban J connectivity index is 2.24. The van der Waals surface area contributed by atoms with Gasteiger partial charge in [-0.05, 0) is 36.3 Å². The molecule has 0 saturated heterocycles. The molecule has 1 aliphatic carbocycles. The highest BCUT2D eigenvalue weighted by molar-refractivity contribution is 5.79. The van der Waals surface area contributed by atoms with Gasteiger partial charge < -0.3 is 10.3 Å². The maximum absolute atomic E-state index is 12.9. The van der Waals surface area contributed by atoms with E-state index in [4.69, 9.17) is 5.73 Å². The lowest BCUT2D eigenvalue weighted by atomic mass is 9.82. The Morgan fingerprint density at radius 3 is 2.76 bits per heavy atom. The number of nitrogens with zero attached hydrogens (tertiary/aromatic N) is 1. The van der Waals surface area contributed by atoms with Gasteiger partial charge in [0.1, 0.15) is 0 Å². The lowest BCUT2D eigenvalue weighted by molar-refractivity contribution is 0.233. The van der Waals surface area contributed by atoms with E-state index in [9.17, 15) is 4.79 Å². The van der Waals surface area contributed by atoms with Crippen molar-refractivity contribution in [3.05, 3.63) is 46.2 Å². The minimum absolute atomic E-state index is 0.113. The maximum Gasteiger partial charge on any atom is 0.255 e. The third-order valence-corrected chi connectivity index (χ3v) is 4.96. The van der Waals surface area contributed by atoms with E-state index in [1.165, 1.54) is 19.3 Å². The fourth-order valence-corrected chi connectivity index (χ4v) is 3.82. The van der Waals surface area contributed by atoms with Gasteiger partial charge in [0.2, 0.25) is 0 Å². The molecule has 1 fully saturated rings. The Labute approximate surface area is 125 Å². The Morgan fingerprint density at radius 1 is 1.24 bits per heavy atom. The molecule has 1 aliphatic rings. The van der Waals surface area contributed by atoms with Crippen LogP contribution in [0.1, 0.15) is 50.6 Å². The number of pyridine rings is 1. The van der Waals surface area contributed by atoms with Crippen molar-refractivity contribution in [1.82, 2.24) is 4.57 Å². The van der Waals surface area contributed by atoms with Gasteiger partial charge in [0, 0.05) is 18.2 Å². The van der Waals surface area contributed by atoms with Crippen LogP contribution in [-0.4, -0.2) is 4.57 Å². The van der Waals surface area contributed by atoms with E-state index in [1.54, 1.807) is 0 Å². The van der Waals surface area contributed by atoms with Gasteiger partial charge in [0.25, 0.3) is 5.56 Å². The van der Waals surface area contributed by atoms with Crippen LogP contribution in [0.15, 0.2) is 35.1 Å². The second kappa shape index (κ2) is 6.02. The summed E-state index contributed by atoms with van der Waals surface area (Å²) in [6.07, 6.45) is 5.98. The molecular weight excluding hydrogens is 260 g/mol. The second-order valence-electron chi connectivity index (χ2n) is 6.13. The Hall–Kier alpha value is -1.61. The van der Waals surface area contributed by atoms with Gasteiger partial charge in [-0.1, -0.05) is 44.4 Å². The monoisotopic (exact) mass is 284 g/mol. The highest BCUT2D eigenvalue weighted by Gasteiger charge is 2.27. The smallest absolute Gasteiger partial charge is 0.255 e. The summed E-state index contributed by atoms with van der Waals surface area (Å²) in [7, 11) is 0. The molecule has 3 nitrogen and oxygen atoms in total. The van der Waals surface area contributed by atoms with Crippen molar-refractivity contribution in [3.8, 4) is 0 Å². The number of hydrogen-bond acceptors (Lipinski definition) is 2. The zero-order valence-electron chi connectivity index (χ0n) is 12.7. The molecule has 2 unspecified atom stereocenters. The summed E-state index contributed by atoms with van der Waals surface area (Å²) in [4.78, 5) is 12.9. The number of fused-ring (bicyclic) bond motifs is 1. The molecule has 3 rings (SSSR count). The van der Waals surface area contributed by atoms with E-state index in [0.717, 1.165) is 29.3 Å². The van der Waals surface area contributed by atoms with Crippen LogP contribution in [-0.2, 0) is 6.54 Å². The van der Waals surface area contributed by atoms with Crippen molar-refractivity contribution >= 4 is 10.9 Å². The van der Waals surface area contributed by atoms with Crippen molar-refractivity contribution in [2.75, 3.05) is 0 Å². The summed E-state index contributed by atoms with van der Waals surface area (Å²) in [5.41, 5.74) is 7.70. The molecule has 2 aromatic rings. The van der Waals surface area contributed by atoms with E-state index in [0.29, 0.717) is 18.5 Å². The van der Waals surface area contributed by atoms with Crippen molar-refractivity contribution in [2.24, 2.45) is 11.7 Å². The van der Waals surface area contributed by atoms with Gasteiger partial charge in [-0.3, -0.25) is 4.79 Å². The first-order valence-electron chi connectivity index (χ1n) is 8.09. The zero-order valence-corrected chi connectivity index (χ0v) is 12.7. The summed E-state index contributed by atoms with van der Waals surface area (Å²) >= 11 is 0. The molecule has 0 bridgehead atoms. The third-order valence-electron chi connectivity index (χ3n) is 4.96. The molecule has 1 aromatic carbocycles. The first kappa shape index (κ1) is 14.3. The summed E-state index contributed by atoms with van der Waals surface area (Å²) in [6, 6.07) is 10.5. The Morgan fingerprint density at radius 2 is 2.00 bits per heavy atom. The highest BCUT2D eigenvalue weighted by atomic mass is 16.1. The predicted octanol–water partition coefficient (Wildman–Crippen LogP) is 3.60. The fourth-order valence-electron chi connectivity index (χ4n) is 3.82. The van der Waals surface area contributed by atoms with Crippen molar-refractivity contribution in [2.45, 2.75) is 51.6 Å². The molecule has 0 spiro atoms. The molecule has 0 amide bonds. The van der Waals surface area contributed by atoms with Gasteiger partial charge in [-0.15, -0.1) is 0 Å².